The number of likely N-dealkylation sites (tertiary alicyclic amines) is 1. The second-order valence-corrected chi connectivity index (χ2v) is 4.66. The van der Waals surface area contributed by atoms with E-state index in [-0.39, 0.29) is 17.3 Å². The maximum atomic E-state index is 10.9. The molecule has 0 saturated carbocycles. The van der Waals surface area contributed by atoms with Crippen LogP contribution >= 0.6 is 0 Å². The van der Waals surface area contributed by atoms with Crippen LogP contribution in [0.15, 0.2) is 17.3 Å². The van der Waals surface area contributed by atoms with Crippen molar-refractivity contribution in [3.05, 3.63) is 27.9 Å². The predicted octanol–water partition coefficient (Wildman–Crippen LogP) is 0.559. The standard InChI is InChI=1S/C12H17N5O4/c13-12(15-18)11-9(17(19)20)3-4-10(14-11)21-8-7-16-5-1-2-6-16/h3-4,18H,1-2,5-8H2,(H2,13,15). The molecule has 1 aliphatic rings. The number of hydrogen-bond donors (Lipinski definition) is 2. The monoisotopic (exact) mass is 295 g/mol. The van der Waals surface area contributed by atoms with Crippen molar-refractivity contribution in [3.63, 3.8) is 0 Å². The molecule has 0 aliphatic carbocycles. The van der Waals surface area contributed by atoms with Gasteiger partial charge in [0, 0.05) is 18.7 Å². The number of ether oxygens (including phenoxy) is 1. The molecule has 1 aromatic heterocycles. The van der Waals surface area contributed by atoms with Gasteiger partial charge < -0.3 is 15.7 Å². The van der Waals surface area contributed by atoms with Crippen LogP contribution in [0.1, 0.15) is 18.5 Å². The fourth-order valence-electron chi connectivity index (χ4n) is 2.18. The van der Waals surface area contributed by atoms with Gasteiger partial charge in [0.25, 0.3) is 5.69 Å². The summed E-state index contributed by atoms with van der Waals surface area (Å²) in [7, 11) is 0. The number of amidine groups is 1. The molecule has 0 spiro atoms. The highest BCUT2D eigenvalue weighted by atomic mass is 16.6. The number of hydrogen-bond acceptors (Lipinski definition) is 7. The number of nitrogens with zero attached hydrogens (tertiary/aromatic N) is 4. The quantitative estimate of drug-likeness (QED) is 0.258. The molecule has 3 N–H and O–H groups in total. The van der Waals surface area contributed by atoms with Gasteiger partial charge in [-0.3, -0.25) is 15.0 Å². The van der Waals surface area contributed by atoms with Crippen LogP contribution in [0.25, 0.3) is 0 Å². The maximum Gasteiger partial charge on any atom is 0.299 e. The van der Waals surface area contributed by atoms with Crippen LogP contribution in [0.5, 0.6) is 5.88 Å². The van der Waals surface area contributed by atoms with E-state index in [1.165, 1.54) is 25.0 Å². The minimum absolute atomic E-state index is 0.207. The van der Waals surface area contributed by atoms with E-state index in [1.807, 2.05) is 0 Å². The third-order valence-corrected chi connectivity index (χ3v) is 3.25. The van der Waals surface area contributed by atoms with Crippen molar-refractivity contribution in [1.29, 1.82) is 0 Å². The summed E-state index contributed by atoms with van der Waals surface area (Å²) >= 11 is 0. The fraction of sp³-hybridized carbons (Fsp3) is 0.500. The summed E-state index contributed by atoms with van der Waals surface area (Å²) in [5.74, 6) is -0.215. The molecule has 114 valence electrons. The van der Waals surface area contributed by atoms with E-state index in [0.717, 1.165) is 19.6 Å². The van der Waals surface area contributed by atoms with Crippen molar-refractivity contribution in [1.82, 2.24) is 9.88 Å². The van der Waals surface area contributed by atoms with Crippen LogP contribution in [-0.2, 0) is 0 Å². The molecule has 0 radical (unpaired) electrons. The van der Waals surface area contributed by atoms with Gasteiger partial charge in [0.15, 0.2) is 11.5 Å². The summed E-state index contributed by atoms with van der Waals surface area (Å²) in [6.07, 6.45) is 2.40. The Kier molecular flexibility index (Phi) is 4.88. The van der Waals surface area contributed by atoms with Gasteiger partial charge >= 0.3 is 0 Å². The van der Waals surface area contributed by atoms with Crippen molar-refractivity contribution in [2.45, 2.75) is 12.8 Å². The lowest BCUT2D eigenvalue weighted by Gasteiger charge is -2.14. The summed E-state index contributed by atoms with van der Waals surface area (Å²) < 4.78 is 5.47. The lowest BCUT2D eigenvalue weighted by Crippen LogP contribution is -2.25. The number of rotatable bonds is 6. The van der Waals surface area contributed by atoms with Gasteiger partial charge in [-0.15, -0.1) is 0 Å². The molecule has 1 aliphatic heterocycles. The van der Waals surface area contributed by atoms with Crippen LogP contribution in [0.3, 0.4) is 0 Å². The predicted molar refractivity (Wildman–Crippen MR) is 74.6 cm³/mol. The average molecular weight is 295 g/mol. The molecule has 0 unspecified atom stereocenters. The van der Waals surface area contributed by atoms with Crippen molar-refractivity contribution in [2.75, 3.05) is 26.2 Å². The minimum Gasteiger partial charge on any atom is -0.476 e. The molecular weight excluding hydrogens is 278 g/mol. The van der Waals surface area contributed by atoms with Gasteiger partial charge in [-0.25, -0.2) is 4.98 Å². The van der Waals surface area contributed by atoms with Crippen LogP contribution in [-0.4, -0.2) is 52.1 Å². The Bertz CT molecular complexity index is 542. The summed E-state index contributed by atoms with van der Waals surface area (Å²) in [5.41, 5.74) is 4.86. The van der Waals surface area contributed by atoms with E-state index < -0.39 is 10.8 Å². The number of nitro groups is 1. The molecular formula is C12H17N5O4. The van der Waals surface area contributed by atoms with E-state index in [4.69, 9.17) is 15.7 Å². The Balaban J connectivity index is 2.04. The van der Waals surface area contributed by atoms with E-state index in [2.05, 4.69) is 15.0 Å². The second kappa shape index (κ2) is 6.84. The van der Waals surface area contributed by atoms with E-state index >= 15 is 0 Å². The second-order valence-electron chi connectivity index (χ2n) is 4.66. The SMILES string of the molecule is N/C(=N/O)c1nc(OCCN2CCCC2)ccc1[N+](=O)[O-]. The molecule has 0 atom stereocenters. The molecule has 2 rings (SSSR count). The van der Waals surface area contributed by atoms with Gasteiger partial charge in [-0.1, -0.05) is 5.16 Å². The van der Waals surface area contributed by atoms with Gasteiger partial charge in [0.1, 0.15) is 6.61 Å². The zero-order valence-corrected chi connectivity index (χ0v) is 11.4. The first kappa shape index (κ1) is 15.0. The summed E-state index contributed by atoms with van der Waals surface area (Å²) in [6, 6.07) is 2.63. The van der Waals surface area contributed by atoms with Gasteiger partial charge in [0.2, 0.25) is 5.88 Å². The van der Waals surface area contributed by atoms with Crippen LogP contribution in [0.4, 0.5) is 5.69 Å². The van der Waals surface area contributed by atoms with Crippen LogP contribution in [0, 0.1) is 10.1 Å². The van der Waals surface area contributed by atoms with Crippen molar-refractivity contribution < 1.29 is 14.9 Å². The third kappa shape index (κ3) is 3.78. The molecule has 2 heterocycles. The Morgan fingerprint density at radius 1 is 1.52 bits per heavy atom. The number of pyridine rings is 1. The van der Waals surface area contributed by atoms with Gasteiger partial charge in [-0.2, -0.15) is 0 Å². The highest BCUT2D eigenvalue weighted by Crippen LogP contribution is 2.20. The van der Waals surface area contributed by atoms with Crippen molar-refractivity contribution in [3.8, 4) is 5.88 Å². The topological polar surface area (TPSA) is 127 Å². The van der Waals surface area contributed by atoms with E-state index in [9.17, 15) is 10.1 Å². The summed E-state index contributed by atoms with van der Waals surface area (Å²) in [4.78, 5) is 16.4. The van der Waals surface area contributed by atoms with Crippen LogP contribution in [0.2, 0.25) is 0 Å². The zero-order valence-electron chi connectivity index (χ0n) is 11.4. The number of nitrogens with two attached hydrogens (primary N) is 1. The molecule has 9 nitrogen and oxygen atoms in total. The summed E-state index contributed by atoms with van der Waals surface area (Å²) in [5, 5.41) is 22.3. The number of aromatic nitrogens is 1. The average Bonchev–Trinajstić information content (AvgIpc) is 2.99. The molecule has 0 amide bonds. The Morgan fingerprint density at radius 2 is 2.24 bits per heavy atom. The van der Waals surface area contributed by atoms with Gasteiger partial charge in [0.05, 0.1) is 4.92 Å². The smallest absolute Gasteiger partial charge is 0.299 e. The molecule has 21 heavy (non-hydrogen) atoms. The Hall–Kier alpha value is -2.42. The first-order valence-corrected chi connectivity index (χ1v) is 6.60. The molecule has 0 bridgehead atoms. The third-order valence-electron chi connectivity index (χ3n) is 3.25. The largest absolute Gasteiger partial charge is 0.476 e. The van der Waals surface area contributed by atoms with Crippen molar-refractivity contribution >= 4 is 11.5 Å². The Labute approximate surface area is 121 Å². The number of oxime groups is 1. The lowest BCUT2D eigenvalue weighted by atomic mass is 10.3. The lowest BCUT2D eigenvalue weighted by molar-refractivity contribution is -0.385. The molecule has 0 aromatic carbocycles. The highest BCUT2D eigenvalue weighted by Gasteiger charge is 2.20. The Morgan fingerprint density at radius 3 is 2.86 bits per heavy atom. The minimum atomic E-state index is -0.644. The zero-order chi connectivity index (χ0) is 15.2. The summed E-state index contributed by atoms with van der Waals surface area (Å²) in [6.45, 7) is 3.33. The normalized spacial score (nSPS) is 16.1. The molecule has 1 aromatic rings. The van der Waals surface area contributed by atoms with Gasteiger partial charge in [-0.05, 0) is 25.9 Å². The maximum absolute atomic E-state index is 10.9. The molecule has 1 fully saturated rings. The van der Waals surface area contributed by atoms with E-state index in [0.29, 0.717) is 6.61 Å². The van der Waals surface area contributed by atoms with Crippen LogP contribution < -0.4 is 10.5 Å². The fourth-order valence-corrected chi connectivity index (χ4v) is 2.18. The first-order chi connectivity index (χ1) is 10.1. The molecule has 1 saturated heterocycles. The van der Waals surface area contributed by atoms with E-state index in [1.54, 1.807) is 0 Å². The molecule has 9 heteroatoms. The highest BCUT2D eigenvalue weighted by molar-refractivity contribution is 5.98. The van der Waals surface area contributed by atoms with Crippen molar-refractivity contribution in [2.24, 2.45) is 10.9 Å². The first-order valence-electron chi connectivity index (χ1n) is 6.60.